The first-order chi connectivity index (χ1) is 13.5. The van der Waals surface area contributed by atoms with Crippen molar-refractivity contribution in [1.82, 2.24) is 30.0 Å². The molecule has 2 aliphatic heterocycles. The van der Waals surface area contributed by atoms with E-state index in [1.807, 2.05) is 41.0 Å². The number of piperidine rings is 2. The molecule has 3 heterocycles. The lowest BCUT2D eigenvalue weighted by Gasteiger charge is -2.48. The highest BCUT2D eigenvalue weighted by atomic mass is 16.2. The van der Waals surface area contributed by atoms with Crippen molar-refractivity contribution >= 4 is 11.8 Å². The largest absolute Gasteiger partial charge is 0.342 e. The van der Waals surface area contributed by atoms with Gasteiger partial charge < -0.3 is 9.80 Å². The standard InChI is InChI=1S/C20H26N6O2/c1-3-25-13-20(11-9-17(25)27)10-4-12-26(14-20)19(28)16-7-5-15(6-8-16)18-21-23-24(2)22-18/h5-8H,3-4,9-14H2,1-2H3. The van der Waals surface area contributed by atoms with Gasteiger partial charge in [0.05, 0.1) is 7.05 Å². The Balaban J connectivity index is 1.48. The second-order valence-corrected chi connectivity index (χ2v) is 7.92. The van der Waals surface area contributed by atoms with Crippen molar-refractivity contribution in [2.45, 2.75) is 32.6 Å². The summed E-state index contributed by atoms with van der Waals surface area (Å²) in [7, 11) is 1.72. The van der Waals surface area contributed by atoms with Gasteiger partial charge in [0.15, 0.2) is 0 Å². The molecule has 0 radical (unpaired) electrons. The molecule has 4 rings (SSSR count). The molecule has 2 amide bonds. The lowest BCUT2D eigenvalue weighted by Crippen LogP contribution is -2.55. The second kappa shape index (κ2) is 7.33. The Morgan fingerprint density at radius 1 is 1.18 bits per heavy atom. The molecular weight excluding hydrogens is 356 g/mol. The number of hydrogen-bond acceptors (Lipinski definition) is 5. The third-order valence-electron chi connectivity index (χ3n) is 5.98. The molecule has 28 heavy (non-hydrogen) atoms. The van der Waals surface area contributed by atoms with Gasteiger partial charge in [-0.15, -0.1) is 10.2 Å². The number of aryl methyl sites for hydroxylation is 1. The van der Waals surface area contributed by atoms with Crippen molar-refractivity contribution in [3.8, 4) is 11.4 Å². The van der Waals surface area contributed by atoms with Gasteiger partial charge in [0.2, 0.25) is 11.7 Å². The molecule has 0 saturated carbocycles. The summed E-state index contributed by atoms with van der Waals surface area (Å²) in [6, 6.07) is 7.39. The molecule has 2 fully saturated rings. The molecule has 1 unspecified atom stereocenters. The number of hydrogen-bond donors (Lipinski definition) is 0. The lowest BCUT2D eigenvalue weighted by molar-refractivity contribution is -0.138. The third-order valence-corrected chi connectivity index (χ3v) is 5.98. The Morgan fingerprint density at radius 2 is 1.96 bits per heavy atom. The number of amides is 2. The number of carbonyl (C=O) groups excluding carboxylic acids is 2. The monoisotopic (exact) mass is 382 g/mol. The Morgan fingerprint density at radius 3 is 2.64 bits per heavy atom. The Bertz CT molecular complexity index is 877. The number of tetrazole rings is 1. The predicted octanol–water partition coefficient (Wildman–Crippen LogP) is 1.74. The number of nitrogens with zero attached hydrogens (tertiary/aromatic N) is 6. The summed E-state index contributed by atoms with van der Waals surface area (Å²) in [5.41, 5.74) is 1.55. The average molecular weight is 382 g/mol. The summed E-state index contributed by atoms with van der Waals surface area (Å²) in [5, 5.41) is 12.0. The van der Waals surface area contributed by atoms with Gasteiger partial charge in [-0.1, -0.05) is 12.1 Å². The molecule has 0 bridgehead atoms. The topological polar surface area (TPSA) is 84.2 Å². The van der Waals surface area contributed by atoms with E-state index in [4.69, 9.17) is 0 Å². The molecule has 1 aromatic heterocycles. The van der Waals surface area contributed by atoms with Gasteiger partial charge in [0, 0.05) is 49.1 Å². The molecule has 1 aromatic carbocycles. The number of likely N-dealkylation sites (tertiary alicyclic amines) is 2. The zero-order chi connectivity index (χ0) is 19.7. The van der Waals surface area contributed by atoms with Crippen LogP contribution in [0.5, 0.6) is 0 Å². The normalized spacial score (nSPS) is 22.7. The Kier molecular flexibility index (Phi) is 4.87. The van der Waals surface area contributed by atoms with Gasteiger partial charge in [0.1, 0.15) is 0 Å². The van der Waals surface area contributed by atoms with Gasteiger partial charge >= 0.3 is 0 Å². The van der Waals surface area contributed by atoms with E-state index in [1.54, 1.807) is 7.05 Å². The minimum Gasteiger partial charge on any atom is -0.342 e. The molecule has 2 aromatic rings. The Labute approximate surface area is 164 Å². The van der Waals surface area contributed by atoms with Crippen LogP contribution in [0.4, 0.5) is 0 Å². The maximum Gasteiger partial charge on any atom is 0.253 e. The second-order valence-electron chi connectivity index (χ2n) is 7.92. The summed E-state index contributed by atoms with van der Waals surface area (Å²) in [5.74, 6) is 0.840. The zero-order valence-electron chi connectivity index (χ0n) is 16.5. The number of carbonyl (C=O) groups is 2. The van der Waals surface area contributed by atoms with Crippen LogP contribution in [0.2, 0.25) is 0 Å². The minimum absolute atomic E-state index is 0.0430. The van der Waals surface area contributed by atoms with Crippen LogP contribution in [0.1, 0.15) is 43.0 Å². The maximum absolute atomic E-state index is 13.1. The summed E-state index contributed by atoms with van der Waals surface area (Å²) in [6.07, 6.45) is 3.54. The fourth-order valence-electron chi connectivity index (χ4n) is 4.45. The van der Waals surface area contributed by atoms with E-state index in [-0.39, 0.29) is 17.2 Å². The zero-order valence-corrected chi connectivity index (χ0v) is 16.5. The molecule has 0 N–H and O–H groups in total. The van der Waals surface area contributed by atoms with Gasteiger partial charge in [-0.05, 0) is 43.5 Å². The van der Waals surface area contributed by atoms with Crippen molar-refractivity contribution in [2.75, 3.05) is 26.2 Å². The van der Waals surface area contributed by atoms with Crippen LogP contribution in [0, 0.1) is 5.41 Å². The summed E-state index contributed by atoms with van der Waals surface area (Å²) < 4.78 is 0. The quantitative estimate of drug-likeness (QED) is 0.807. The van der Waals surface area contributed by atoms with E-state index in [9.17, 15) is 9.59 Å². The van der Waals surface area contributed by atoms with Gasteiger partial charge in [-0.3, -0.25) is 9.59 Å². The van der Waals surface area contributed by atoms with E-state index < -0.39 is 0 Å². The van der Waals surface area contributed by atoms with E-state index in [2.05, 4.69) is 15.4 Å². The SMILES string of the molecule is CCN1CC2(CCCN(C(=O)c3ccc(-c4nnn(C)n4)cc3)C2)CCC1=O. The fraction of sp³-hybridized carbons (Fsp3) is 0.550. The van der Waals surface area contributed by atoms with Crippen LogP contribution in [0.3, 0.4) is 0 Å². The molecule has 8 nitrogen and oxygen atoms in total. The van der Waals surface area contributed by atoms with Crippen molar-refractivity contribution in [3.63, 3.8) is 0 Å². The summed E-state index contributed by atoms with van der Waals surface area (Å²) in [4.78, 5) is 30.5. The molecule has 2 saturated heterocycles. The first-order valence-electron chi connectivity index (χ1n) is 9.91. The van der Waals surface area contributed by atoms with Crippen LogP contribution >= 0.6 is 0 Å². The maximum atomic E-state index is 13.1. The van der Waals surface area contributed by atoms with E-state index in [0.717, 1.165) is 51.0 Å². The number of rotatable bonds is 3. The van der Waals surface area contributed by atoms with Crippen LogP contribution in [-0.2, 0) is 11.8 Å². The van der Waals surface area contributed by atoms with Crippen molar-refractivity contribution in [3.05, 3.63) is 29.8 Å². The van der Waals surface area contributed by atoms with E-state index in [0.29, 0.717) is 17.8 Å². The fourth-order valence-corrected chi connectivity index (χ4v) is 4.45. The average Bonchev–Trinajstić information content (AvgIpc) is 3.16. The summed E-state index contributed by atoms with van der Waals surface area (Å²) in [6.45, 7) is 5.03. The van der Waals surface area contributed by atoms with Crippen LogP contribution < -0.4 is 0 Å². The van der Waals surface area contributed by atoms with Crippen molar-refractivity contribution < 1.29 is 9.59 Å². The van der Waals surface area contributed by atoms with E-state index >= 15 is 0 Å². The lowest BCUT2D eigenvalue weighted by atomic mass is 9.73. The molecule has 8 heteroatoms. The third kappa shape index (κ3) is 3.50. The van der Waals surface area contributed by atoms with Crippen molar-refractivity contribution in [2.24, 2.45) is 12.5 Å². The number of benzene rings is 1. The van der Waals surface area contributed by atoms with Crippen LogP contribution in [0.15, 0.2) is 24.3 Å². The predicted molar refractivity (Wildman–Crippen MR) is 103 cm³/mol. The number of aromatic nitrogens is 4. The van der Waals surface area contributed by atoms with E-state index in [1.165, 1.54) is 4.80 Å². The van der Waals surface area contributed by atoms with Crippen LogP contribution in [0.25, 0.3) is 11.4 Å². The molecule has 148 valence electrons. The van der Waals surface area contributed by atoms with Crippen LogP contribution in [-0.4, -0.2) is 68.0 Å². The highest BCUT2D eigenvalue weighted by Gasteiger charge is 2.42. The molecule has 2 aliphatic rings. The summed E-state index contributed by atoms with van der Waals surface area (Å²) >= 11 is 0. The highest BCUT2D eigenvalue weighted by molar-refractivity contribution is 5.94. The van der Waals surface area contributed by atoms with Gasteiger partial charge in [-0.2, -0.15) is 4.80 Å². The molecular formula is C20H26N6O2. The van der Waals surface area contributed by atoms with Gasteiger partial charge in [-0.25, -0.2) is 0 Å². The van der Waals surface area contributed by atoms with Gasteiger partial charge in [0.25, 0.3) is 5.91 Å². The molecule has 1 spiro atoms. The Hall–Kier alpha value is -2.77. The highest BCUT2D eigenvalue weighted by Crippen LogP contribution is 2.39. The smallest absolute Gasteiger partial charge is 0.253 e. The molecule has 0 aliphatic carbocycles. The van der Waals surface area contributed by atoms with Crippen molar-refractivity contribution in [1.29, 1.82) is 0 Å². The minimum atomic E-state index is 0.0430. The first kappa shape index (κ1) is 18.6. The first-order valence-corrected chi connectivity index (χ1v) is 9.91. The molecule has 1 atom stereocenters.